The van der Waals surface area contributed by atoms with Crippen LogP contribution in [0.4, 0.5) is 0 Å². The molecule has 0 N–H and O–H groups in total. The zero-order chi connectivity index (χ0) is 15.5. The first-order chi connectivity index (χ1) is 11.4. The number of fused-ring (bicyclic) bond motifs is 1. The third-order valence-electron chi connectivity index (χ3n) is 4.02. The molecule has 0 fully saturated rings. The number of thiol groups is 1. The number of hydrogen-bond acceptors (Lipinski definition) is 0. The van der Waals surface area contributed by atoms with Crippen LogP contribution in [0.2, 0.25) is 0 Å². The SMILES string of the molecule is c1ccc([SH](c2ccccc2)c2ccc3ccccc3c2)cc1. The van der Waals surface area contributed by atoms with Crippen LogP contribution in [0.5, 0.6) is 0 Å². The van der Waals surface area contributed by atoms with E-state index in [1.165, 1.54) is 25.5 Å². The topological polar surface area (TPSA) is 0 Å². The van der Waals surface area contributed by atoms with Gasteiger partial charge >= 0.3 is 0 Å². The molecule has 0 atom stereocenters. The van der Waals surface area contributed by atoms with Crippen LogP contribution in [0.3, 0.4) is 0 Å². The van der Waals surface area contributed by atoms with Crippen molar-refractivity contribution in [3.63, 3.8) is 0 Å². The molecule has 1 heteroatoms. The van der Waals surface area contributed by atoms with Crippen molar-refractivity contribution in [2.24, 2.45) is 0 Å². The summed E-state index contributed by atoms with van der Waals surface area (Å²) in [5.74, 6) is 0. The van der Waals surface area contributed by atoms with Crippen LogP contribution >= 0.6 is 10.9 Å². The first-order valence-corrected chi connectivity index (χ1v) is 9.15. The van der Waals surface area contributed by atoms with Gasteiger partial charge < -0.3 is 0 Å². The molecule has 0 amide bonds. The normalized spacial score (nSPS) is 11.4. The van der Waals surface area contributed by atoms with Gasteiger partial charge in [-0.05, 0) is 61.9 Å². The van der Waals surface area contributed by atoms with E-state index < -0.39 is 10.9 Å². The molecule has 0 aromatic heterocycles. The van der Waals surface area contributed by atoms with Gasteiger partial charge in [0.05, 0.1) is 0 Å². The fraction of sp³-hybridized carbons (Fsp3) is 0. The van der Waals surface area contributed by atoms with E-state index in [4.69, 9.17) is 0 Å². The first-order valence-electron chi connectivity index (χ1n) is 7.81. The first kappa shape index (κ1) is 14.1. The van der Waals surface area contributed by atoms with Crippen LogP contribution in [0.25, 0.3) is 10.8 Å². The molecule has 0 bridgehead atoms. The van der Waals surface area contributed by atoms with Crippen LogP contribution in [-0.4, -0.2) is 0 Å². The number of benzene rings is 4. The Hall–Kier alpha value is -2.51. The van der Waals surface area contributed by atoms with Crippen molar-refractivity contribution >= 4 is 21.7 Å². The predicted molar refractivity (Wildman–Crippen MR) is 101 cm³/mol. The van der Waals surface area contributed by atoms with Gasteiger partial charge in [0.15, 0.2) is 0 Å². The van der Waals surface area contributed by atoms with Crippen molar-refractivity contribution < 1.29 is 0 Å². The summed E-state index contributed by atoms with van der Waals surface area (Å²) in [6.07, 6.45) is 0. The molecule has 4 aromatic carbocycles. The second kappa shape index (κ2) is 6.31. The summed E-state index contributed by atoms with van der Waals surface area (Å²) in [4.78, 5) is 4.18. The Morgan fingerprint density at radius 1 is 0.391 bits per heavy atom. The Kier molecular flexibility index (Phi) is 3.87. The molecular weight excluding hydrogens is 296 g/mol. The standard InChI is InChI=1S/C22H18S/c1-3-11-20(12-4-1)23(21-13-5-2-6-14-21)22-16-15-18-9-7-8-10-19(18)17-22/h1-17,23H. The second-order valence-electron chi connectivity index (χ2n) is 5.54. The molecule has 0 unspecified atom stereocenters. The maximum absolute atomic E-state index is 2.35. The molecule has 112 valence electrons. The van der Waals surface area contributed by atoms with Gasteiger partial charge in [-0.25, -0.2) is 0 Å². The van der Waals surface area contributed by atoms with E-state index in [1.807, 2.05) is 0 Å². The lowest BCUT2D eigenvalue weighted by Crippen LogP contribution is -1.88. The van der Waals surface area contributed by atoms with E-state index in [2.05, 4.69) is 103 Å². The highest BCUT2D eigenvalue weighted by molar-refractivity contribution is 8.17. The molecule has 0 aliphatic rings. The van der Waals surface area contributed by atoms with Crippen LogP contribution in [-0.2, 0) is 0 Å². The summed E-state index contributed by atoms with van der Waals surface area (Å²) in [6, 6.07) is 37.1. The van der Waals surface area contributed by atoms with Crippen molar-refractivity contribution in [3.8, 4) is 0 Å². The van der Waals surface area contributed by atoms with E-state index in [0.717, 1.165) is 0 Å². The summed E-state index contributed by atoms with van der Waals surface area (Å²) in [7, 11) is -0.519. The van der Waals surface area contributed by atoms with E-state index in [0.29, 0.717) is 0 Å². The van der Waals surface area contributed by atoms with Crippen LogP contribution in [0.15, 0.2) is 118 Å². The monoisotopic (exact) mass is 314 g/mol. The van der Waals surface area contributed by atoms with Gasteiger partial charge in [-0.15, -0.1) is 0 Å². The Bertz CT molecular complexity index is 874. The van der Waals surface area contributed by atoms with Gasteiger partial charge in [0, 0.05) is 0 Å². The van der Waals surface area contributed by atoms with Crippen LogP contribution < -0.4 is 0 Å². The molecule has 0 nitrogen and oxygen atoms in total. The van der Waals surface area contributed by atoms with Crippen molar-refractivity contribution in [1.82, 2.24) is 0 Å². The van der Waals surface area contributed by atoms with E-state index >= 15 is 0 Å². The lowest BCUT2D eigenvalue weighted by molar-refractivity contribution is 1.34. The quantitative estimate of drug-likeness (QED) is 0.420. The van der Waals surface area contributed by atoms with Gasteiger partial charge in [-0.2, -0.15) is 10.9 Å². The second-order valence-corrected chi connectivity index (χ2v) is 7.76. The highest BCUT2D eigenvalue weighted by atomic mass is 32.2. The number of rotatable bonds is 3. The fourth-order valence-corrected chi connectivity index (χ4v) is 5.24. The zero-order valence-corrected chi connectivity index (χ0v) is 13.7. The third kappa shape index (κ3) is 2.88. The highest BCUT2D eigenvalue weighted by Crippen LogP contribution is 2.51. The van der Waals surface area contributed by atoms with Gasteiger partial charge in [0.25, 0.3) is 0 Å². The molecule has 0 saturated carbocycles. The number of hydrogen-bond donors (Lipinski definition) is 1. The Morgan fingerprint density at radius 3 is 1.52 bits per heavy atom. The molecule has 0 radical (unpaired) electrons. The van der Waals surface area contributed by atoms with E-state index in [9.17, 15) is 0 Å². The average molecular weight is 314 g/mol. The zero-order valence-electron chi connectivity index (χ0n) is 12.8. The van der Waals surface area contributed by atoms with E-state index in [-0.39, 0.29) is 0 Å². The minimum absolute atomic E-state index is 0.519. The summed E-state index contributed by atoms with van der Waals surface area (Å²) in [5, 5.41) is 2.61. The van der Waals surface area contributed by atoms with E-state index in [1.54, 1.807) is 0 Å². The summed E-state index contributed by atoms with van der Waals surface area (Å²) in [6.45, 7) is 0. The third-order valence-corrected chi connectivity index (χ3v) is 6.44. The maximum Gasteiger partial charge on any atom is -0.00388 e. The smallest absolute Gasteiger partial charge is 0.00388 e. The summed E-state index contributed by atoms with van der Waals surface area (Å²) in [5.41, 5.74) is 0. The molecule has 0 aliphatic carbocycles. The van der Waals surface area contributed by atoms with Gasteiger partial charge in [-0.3, -0.25) is 0 Å². The molecule has 4 rings (SSSR count). The minimum atomic E-state index is -0.519. The van der Waals surface area contributed by atoms with Crippen molar-refractivity contribution in [1.29, 1.82) is 0 Å². The molecule has 0 spiro atoms. The Labute approximate surface area is 139 Å². The lowest BCUT2D eigenvalue weighted by atomic mass is 10.1. The molecule has 0 saturated heterocycles. The maximum atomic E-state index is 2.35. The predicted octanol–water partition coefficient (Wildman–Crippen LogP) is 6.32. The van der Waals surface area contributed by atoms with Crippen LogP contribution in [0, 0.1) is 0 Å². The Balaban J connectivity index is 1.90. The highest BCUT2D eigenvalue weighted by Gasteiger charge is 2.12. The van der Waals surface area contributed by atoms with Gasteiger partial charge in [0.2, 0.25) is 0 Å². The van der Waals surface area contributed by atoms with Crippen LogP contribution in [0.1, 0.15) is 0 Å². The largest absolute Gasteiger partial charge is 0.173 e. The van der Waals surface area contributed by atoms with Crippen molar-refractivity contribution in [2.45, 2.75) is 14.7 Å². The summed E-state index contributed by atoms with van der Waals surface area (Å²) >= 11 is 0. The molecular formula is C22H18S. The molecule has 4 aromatic rings. The lowest BCUT2D eigenvalue weighted by Gasteiger charge is -2.23. The van der Waals surface area contributed by atoms with Gasteiger partial charge in [0.1, 0.15) is 0 Å². The Morgan fingerprint density at radius 2 is 0.913 bits per heavy atom. The van der Waals surface area contributed by atoms with Gasteiger partial charge in [-0.1, -0.05) is 66.7 Å². The fourth-order valence-electron chi connectivity index (χ4n) is 2.92. The van der Waals surface area contributed by atoms with Crippen molar-refractivity contribution in [2.75, 3.05) is 0 Å². The average Bonchev–Trinajstić information content (AvgIpc) is 2.64. The molecule has 0 heterocycles. The molecule has 23 heavy (non-hydrogen) atoms. The molecule has 0 aliphatic heterocycles. The summed E-state index contributed by atoms with van der Waals surface area (Å²) < 4.78 is 0. The minimum Gasteiger partial charge on any atom is -0.173 e. The van der Waals surface area contributed by atoms with Crippen molar-refractivity contribution in [3.05, 3.63) is 103 Å².